The Kier molecular flexibility index (Phi) is 7.45. The van der Waals surface area contributed by atoms with Gasteiger partial charge in [0.25, 0.3) is 0 Å². The van der Waals surface area contributed by atoms with Gasteiger partial charge in [-0.05, 0) is 40.1 Å². The third-order valence-electron chi connectivity index (χ3n) is 2.93. The van der Waals surface area contributed by atoms with Crippen molar-refractivity contribution in [3.05, 3.63) is 24.2 Å². The van der Waals surface area contributed by atoms with Crippen molar-refractivity contribution in [1.82, 2.24) is 15.5 Å². The molecule has 1 rings (SSSR count). The summed E-state index contributed by atoms with van der Waals surface area (Å²) in [5, 5.41) is 5.39. The highest BCUT2D eigenvalue weighted by Gasteiger charge is 2.17. The molecule has 1 heterocycles. The van der Waals surface area contributed by atoms with E-state index in [1.807, 2.05) is 31.1 Å². The maximum atomic E-state index is 11.7. The van der Waals surface area contributed by atoms with E-state index in [4.69, 9.17) is 9.15 Å². The molecule has 2 amide bonds. The van der Waals surface area contributed by atoms with E-state index in [2.05, 4.69) is 10.6 Å². The van der Waals surface area contributed by atoms with Crippen molar-refractivity contribution in [2.45, 2.75) is 32.4 Å². The summed E-state index contributed by atoms with van der Waals surface area (Å²) in [4.78, 5) is 25.0. The highest BCUT2D eigenvalue weighted by molar-refractivity contribution is 5.75. The van der Waals surface area contributed by atoms with Crippen LogP contribution in [0.25, 0.3) is 0 Å². The van der Waals surface area contributed by atoms with Crippen molar-refractivity contribution in [2.75, 3.05) is 27.2 Å². The summed E-state index contributed by atoms with van der Waals surface area (Å²) in [5.74, 6) is 0.461. The summed E-state index contributed by atoms with van der Waals surface area (Å²) in [7, 11) is 3.82. The summed E-state index contributed by atoms with van der Waals surface area (Å²) in [6.45, 7) is 4.22. The van der Waals surface area contributed by atoms with E-state index in [0.29, 0.717) is 6.54 Å². The number of rotatable bonds is 8. The number of nitrogens with zero attached hydrogens (tertiary/aromatic N) is 1. The molecule has 0 aliphatic carbocycles. The van der Waals surface area contributed by atoms with Crippen LogP contribution in [0.1, 0.15) is 32.1 Å². The maximum Gasteiger partial charge on any atom is 0.314 e. The normalized spacial score (nSPS) is 12.3. The molecule has 0 saturated carbocycles. The Labute approximate surface area is 131 Å². The van der Waals surface area contributed by atoms with Crippen LogP contribution in [0.4, 0.5) is 4.79 Å². The summed E-state index contributed by atoms with van der Waals surface area (Å²) in [6, 6.07) is 3.31. The molecule has 124 valence electrons. The smallest absolute Gasteiger partial charge is 0.314 e. The van der Waals surface area contributed by atoms with E-state index in [-0.39, 0.29) is 37.1 Å². The molecule has 1 unspecified atom stereocenters. The number of nitrogens with one attached hydrogen (secondary N) is 2. The Morgan fingerprint density at radius 2 is 2.05 bits per heavy atom. The quantitative estimate of drug-likeness (QED) is 0.711. The molecule has 0 aliphatic rings. The largest absolute Gasteiger partial charge is 0.468 e. The molecule has 7 nitrogen and oxygen atoms in total. The second-order valence-electron chi connectivity index (χ2n) is 5.42. The molecule has 2 N–H and O–H groups in total. The van der Waals surface area contributed by atoms with Gasteiger partial charge in [0.2, 0.25) is 0 Å². The topological polar surface area (TPSA) is 83.8 Å². The monoisotopic (exact) mass is 311 g/mol. The van der Waals surface area contributed by atoms with Gasteiger partial charge in [-0.1, -0.05) is 0 Å². The number of furan rings is 1. The van der Waals surface area contributed by atoms with Crippen LogP contribution in [0.3, 0.4) is 0 Å². The number of likely N-dealkylation sites (N-methyl/N-ethyl adjacent to an activating group) is 1. The van der Waals surface area contributed by atoms with E-state index in [9.17, 15) is 9.59 Å². The maximum absolute atomic E-state index is 11.7. The van der Waals surface area contributed by atoms with Gasteiger partial charge in [-0.25, -0.2) is 4.79 Å². The number of esters is 1. The molecule has 7 heteroatoms. The van der Waals surface area contributed by atoms with Gasteiger partial charge in [0.05, 0.1) is 24.8 Å². The summed E-state index contributed by atoms with van der Waals surface area (Å²) in [6.07, 6.45) is 1.61. The van der Waals surface area contributed by atoms with Gasteiger partial charge in [0, 0.05) is 13.1 Å². The van der Waals surface area contributed by atoms with E-state index < -0.39 is 0 Å². The SMILES string of the molecule is CC(C)OC(=O)CCNC(=O)NCC(c1ccco1)N(C)C. The zero-order valence-corrected chi connectivity index (χ0v) is 13.6. The Hall–Kier alpha value is -2.02. The molecular formula is C15H25N3O4. The van der Waals surface area contributed by atoms with Gasteiger partial charge in [0.15, 0.2) is 0 Å². The lowest BCUT2D eigenvalue weighted by molar-refractivity contribution is -0.147. The van der Waals surface area contributed by atoms with E-state index >= 15 is 0 Å². The number of carbonyl (C=O) groups excluding carboxylic acids is 2. The van der Waals surface area contributed by atoms with E-state index in [0.717, 1.165) is 5.76 Å². The third-order valence-corrected chi connectivity index (χ3v) is 2.93. The van der Waals surface area contributed by atoms with Crippen LogP contribution in [-0.2, 0) is 9.53 Å². The predicted molar refractivity (Wildman–Crippen MR) is 82.4 cm³/mol. The lowest BCUT2D eigenvalue weighted by Gasteiger charge is -2.22. The lowest BCUT2D eigenvalue weighted by atomic mass is 10.2. The highest BCUT2D eigenvalue weighted by Crippen LogP contribution is 2.17. The summed E-state index contributed by atoms with van der Waals surface area (Å²) >= 11 is 0. The fraction of sp³-hybridized carbons (Fsp3) is 0.600. The first kappa shape index (κ1) is 18.0. The molecule has 1 aromatic rings. The van der Waals surface area contributed by atoms with Crippen LogP contribution in [0.15, 0.2) is 22.8 Å². The molecule has 0 fully saturated rings. The number of hydrogen-bond acceptors (Lipinski definition) is 5. The molecule has 0 aromatic carbocycles. The first-order valence-electron chi connectivity index (χ1n) is 7.31. The molecule has 0 aliphatic heterocycles. The van der Waals surface area contributed by atoms with Crippen LogP contribution in [0, 0.1) is 0 Å². The van der Waals surface area contributed by atoms with Crippen molar-refractivity contribution >= 4 is 12.0 Å². The second-order valence-corrected chi connectivity index (χ2v) is 5.42. The molecule has 0 bridgehead atoms. The van der Waals surface area contributed by atoms with Crippen molar-refractivity contribution in [3.8, 4) is 0 Å². The Morgan fingerprint density at radius 1 is 1.32 bits per heavy atom. The van der Waals surface area contributed by atoms with Crippen molar-refractivity contribution in [2.24, 2.45) is 0 Å². The van der Waals surface area contributed by atoms with Crippen LogP contribution in [0.2, 0.25) is 0 Å². The Morgan fingerprint density at radius 3 is 2.59 bits per heavy atom. The molecule has 0 spiro atoms. The van der Waals surface area contributed by atoms with E-state index in [1.165, 1.54) is 0 Å². The molecular weight excluding hydrogens is 286 g/mol. The van der Waals surface area contributed by atoms with Gasteiger partial charge in [-0.3, -0.25) is 9.69 Å². The van der Waals surface area contributed by atoms with Gasteiger partial charge >= 0.3 is 12.0 Å². The van der Waals surface area contributed by atoms with Crippen LogP contribution < -0.4 is 10.6 Å². The number of urea groups is 1. The minimum atomic E-state index is -0.323. The van der Waals surface area contributed by atoms with Crippen LogP contribution >= 0.6 is 0 Å². The van der Waals surface area contributed by atoms with Crippen LogP contribution in [-0.4, -0.2) is 50.2 Å². The van der Waals surface area contributed by atoms with Gasteiger partial charge in [-0.2, -0.15) is 0 Å². The van der Waals surface area contributed by atoms with Gasteiger partial charge in [0.1, 0.15) is 5.76 Å². The third kappa shape index (κ3) is 6.62. The fourth-order valence-electron chi connectivity index (χ4n) is 1.87. The number of amides is 2. The van der Waals surface area contributed by atoms with Crippen LogP contribution in [0.5, 0.6) is 0 Å². The average molecular weight is 311 g/mol. The summed E-state index contributed by atoms with van der Waals surface area (Å²) < 4.78 is 10.3. The van der Waals surface area contributed by atoms with Gasteiger partial charge in [-0.15, -0.1) is 0 Å². The van der Waals surface area contributed by atoms with E-state index in [1.54, 1.807) is 20.1 Å². The molecule has 0 saturated heterocycles. The first-order chi connectivity index (χ1) is 10.4. The lowest BCUT2D eigenvalue weighted by Crippen LogP contribution is -2.41. The molecule has 0 radical (unpaired) electrons. The van der Waals surface area contributed by atoms with Crippen molar-refractivity contribution < 1.29 is 18.7 Å². The average Bonchev–Trinajstić information content (AvgIpc) is 2.91. The number of ether oxygens (including phenoxy) is 1. The second kappa shape index (κ2) is 9.09. The molecule has 1 aromatic heterocycles. The molecule has 22 heavy (non-hydrogen) atoms. The zero-order valence-electron chi connectivity index (χ0n) is 13.6. The number of hydrogen-bond donors (Lipinski definition) is 2. The standard InChI is InChI=1S/C15H25N3O4/c1-11(2)22-14(19)7-8-16-15(20)17-10-12(18(3)4)13-6-5-9-21-13/h5-6,9,11-12H,7-8,10H2,1-4H3,(H2,16,17,20). The Balaban J connectivity index is 2.28. The Bertz CT molecular complexity index is 457. The first-order valence-corrected chi connectivity index (χ1v) is 7.31. The zero-order chi connectivity index (χ0) is 16.5. The minimum absolute atomic E-state index is 0.0494. The predicted octanol–water partition coefficient (Wildman–Crippen LogP) is 1.52. The minimum Gasteiger partial charge on any atom is -0.468 e. The molecule has 1 atom stereocenters. The highest BCUT2D eigenvalue weighted by atomic mass is 16.5. The van der Waals surface area contributed by atoms with Crippen molar-refractivity contribution in [1.29, 1.82) is 0 Å². The van der Waals surface area contributed by atoms with Crippen molar-refractivity contribution in [3.63, 3.8) is 0 Å². The van der Waals surface area contributed by atoms with Gasteiger partial charge < -0.3 is 19.8 Å². The summed E-state index contributed by atoms with van der Waals surface area (Å²) in [5.41, 5.74) is 0. The fourth-order valence-corrected chi connectivity index (χ4v) is 1.87. The number of carbonyl (C=O) groups is 2.